The summed E-state index contributed by atoms with van der Waals surface area (Å²) >= 11 is 0. The summed E-state index contributed by atoms with van der Waals surface area (Å²) in [4.78, 5) is 13.1. The van der Waals surface area contributed by atoms with E-state index in [1.807, 2.05) is 65.0 Å². The van der Waals surface area contributed by atoms with Gasteiger partial charge in [0, 0.05) is 0 Å². The minimum atomic E-state index is -3.92. The highest BCUT2D eigenvalue weighted by Crippen LogP contribution is 2.27. The van der Waals surface area contributed by atoms with E-state index in [9.17, 15) is 13.2 Å². The van der Waals surface area contributed by atoms with Crippen molar-refractivity contribution in [2.75, 3.05) is 10.8 Å². The predicted molar refractivity (Wildman–Crippen MR) is 129 cm³/mol. The maximum atomic E-state index is 13.5. The van der Waals surface area contributed by atoms with Gasteiger partial charge in [0.25, 0.3) is 10.0 Å². The molecule has 0 radical (unpaired) electrons. The summed E-state index contributed by atoms with van der Waals surface area (Å²) in [5.74, 6) is -0.366. The van der Waals surface area contributed by atoms with Crippen LogP contribution < -0.4 is 9.62 Å². The number of carbonyl (C=O) groups is 1. The Morgan fingerprint density at radius 3 is 2.19 bits per heavy atom. The molecule has 168 valence electrons. The monoisotopic (exact) mass is 450 g/mol. The van der Waals surface area contributed by atoms with Crippen LogP contribution in [0.15, 0.2) is 71.6 Å². The second kappa shape index (κ2) is 9.57. The summed E-state index contributed by atoms with van der Waals surface area (Å²) in [7, 11) is -3.92. The number of carbonyl (C=O) groups excluding carboxylic acids is 1. The van der Waals surface area contributed by atoms with Crippen LogP contribution in [0.4, 0.5) is 5.69 Å². The summed E-state index contributed by atoms with van der Waals surface area (Å²) in [6.45, 7) is 9.46. The van der Waals surface area contributed by atoms with E-state index in [1.54, 1.807) is 36.4 Å². The van der Waals surface area contributed by atoms with Crippen LogP contribution >= 0.6 is 0 Å². The molecule has 32 heavy (non-hydrogen) atoms. The van der Waals surface area contributed by atoms with Crippen LogP contribution in [0.25, 0.3) is 0 Å². The number of hydrogen-bond acceptors (Lipinski definition) is 3. The summed E-state index contributed by atoms with van der Waals surface area (Å²) in [5, 5.41) is 2.95. The van der Waals surface area contributed by atoms with E-state index in [0.29, 0.717) is 5.69 Å². The van der Waals surface area contributed by atoms with Crippen LogP contribution in [0.1, 0.15) is 40.8 Å². The van der Waals surface area contributed by atoms with Crippen molar-refractivity contribution >= 4 is 21.6 Å². The van der Waals surface area contributed by atoms with Gasteiger partial charge in [-0.1, -0.05) is 54.1 Å². The van der Waals surface area contributed by atoms with Crippen molar-refractivity contribution < 1.29 is 13.2 Å². The van der Waals surface area contributed by atoms with Gasteiger partial charge in [-0.15, -0.1) is 0 Å². The zero-order chi connectivity index (χ0) is 23.5. The predicted octanol–water partition coefficient (Wildman–Crippen LogP) is 4.99. The van der Waals surface area contributed by atoms with Crippen LogP contribution in [-0.4, -0.2) is 20.9 Å². The van der Waals surface area contributed by atoms with Gasteiger partial charge in [-0.3, -0.25) is 9.10 Å². The first-order chi connectivity index (χ1) is 15.1. The van der Waals surface area contributed by atoms with Crippen LogP contribution in [-0.2, 0) is 14.8 Å². The van der Waals surface area contributed by atoms with Crippen molar-refractivity contribution in [3.05, 3.63) is 94.5 Å². The van der Waals surface area contributed by atoms with Crippen molar-refractivity contribution in [3.63, 3.8) is 0 Å². The first-order valence-corrected chi connectivity index (χ1v) is 12.0. The zero-order valence-corrected chi connectivity index (χ0v) is 20.0. The van der Waals surface area contributed by atoms with Gasteiger partial charge in [0.2, 0.25) is 5.91 Å². The zero-order valence-electron chi connectivity index (χ0n) is 19.2. The Balaban J connectivity index is 1.91. The Labute approximate surface area is 191 Å². The molecule has 0 aromatic heterocycles. The molecule has 0 fully saturated rings. The Kier molecular flexibility index (Phi) is 7.04. The van der Waals surface area contributed by atoms with Gasteiger partial charge >= 0.3 is 0 Å². The number of sulfonamides is 1. The highest BCUT2D eigenvalue weighted by atomic mass is 32.2. The molecular formula is C26H30N2O3S. The molecule has 1 amide bonds. The maximum Gasteiger partial charge on any atom is 0.264 e. The van der Waals surface area contributed by atoms with Crippen LogP contribution in [0.2, 0.25) is 0 Å². The van der Waals surface area contributed by atoms with E-state index in [-0.39, 0.29) is 23.4 Å². The van der Waals surface area contributed by atoms with Gasteiger partial charge in [0.15, 0.2) is 0 Å². The van der Waals surface area contributed by atoms with Gasteiger partial charge in [-0.2, -0.15) is 0 Å². The fourth-order valence-electron chi connectivity index (χ4n) is 3.64. The number of benzene rings is 3. The van der Waals surface area contributed by atoms with Crippen LogP contribution in [0.3, 0.4) is 0 Å². The third-order valence-corrected chi connectivity index (χ3v) is 7.42. The second-order valence-electron chi connectivity index (χ2n) is 8.25. The van der Waals surface area contributed by atoms with Gasteiger partial charge < -0.3 is 5.32 Å². The van der Waals surface area contributed by atoms with Crippen LogP contribution in [0.5, 0.6) is 0 Å². The smallest absolute Gasteiger partial charge is 0.264 e. The van der Waals surface area contributed by atoms with Crippen LogP contribution in [0, 0.1) is 27.7 Å². The van der Waals surface area contributed by atoms with E-state index < -0.39 is 10.0 Å². The SMILES string of the molecule is Cc1ccc(N(CC(=O)NC(C)c2ccc(C)c(C)c2)S(=O)(=O)c2ccccc2)c(C)c1. The first kappa shape index (κ1) is 23.5. The minimum absolute atomic E-state index is 0.148. The molecular weight excluding hydrogens is 420 g/mol. The Bertz CT molecular complexity index is 1220. The number of hydrogen-bond donors (Lipinski definition) is 1. The maximum absolute atomic E-state index is 13.5. The fourth-order valence-corrected chi connectivity index (χ4v) is 5.15. The van der Waals surface area contributed by atoms with E-state index in [0.717, 1.165) is 22.3 Å². The number of nitrogens with one attached hydrogen (secondary N) is 1. The minimum Gasteiger partial charge on any atom is -0.348 e. The number of aryl methyl sites for hydroxylation is 4. The molecule has 1 unspecified atom stereocenters. The lowest BCUT2D eigenvalue weighted by molar-refractivity contribution is -0.120. The summed E-state index contributed by atoms with van der Waals surface area (Å²) in [6, 6.07) is 19.5. The van der Waals surface area contributed by atoms with Crippen molar-refractivity contribution in [3.8, 4) is 0 Å². The van der Waals surface area contributed by atoms with Gasteiger partial charge in [0.1, 0.15) is 6.54 Å². The van der Waals surface area contributed by atoms with Gasteiger partial charge in [0.05, 0.1) is 16.6 Å². The molecule has 1 N–H and O–H groups in total. The third-order valence-electron chi connectivity index (χ3n) is 5.65. The summed E-state index contributed by atoms with van der Waals surface area (Å²) in [5.41, 5.74) is 5.61. The van der Waals surface area contributed by atoms with E-state index in [1.165, 1.54) is 9.87 Å². The molecule has 0 aliphatic rings. The molecule has 3 rings (SSSR count). The molecule has 3 aromatic carbocycles. The average Bonchev–Trinajstić information content (AvgIpc) is 2.75. The largest absolute Gasteiger partial charge is 0.348 e. The number of rotatable bonds is 7. The number of anilines is 1. The molecule has 6 heteroatoms. The molecule has 0 heterocycles. The molecule has 0 spiro atoms. The van der Waals surface area contributed by atoms with Crippen molar-refractivity contribution in [1.82, 2.24) is 5.32 Å². The summed E-state index contributed by atoms with van der Waals surface area (Å²) < 4.78 is 28.2. The van der Waals surface area contributed by atoms with Gasteiger partial charge in [-0.05, 0) is 75.1 Å². The lowest BCUT2D eigenvalue weighted by Gasteiger charge is -2.26. The highest BCUT2D eigenvalue weighted by molar-refractivity contribution is 7.92. The van der Waals surface area contributed by atoms with E-state index in [4.69, 9.17) is 0 Å². The lowest BCUT2D eigenvalue weighted by Crippen LogP contribution is -2.42. The molecule has 1 atom stereocenters. The Hall–Kier alpha value is -3.12. The van der Waals surface area contributed by atoms with Gasteiger partial charge in [-0.25, -0.2) is 8.42 Å². The molecule has 0 aliphatic heterocycles. The normalized spacial score (nSPS) is 12.3. The topological polar surface area (TPSA) is 66.5 Å². The molecule has 0 bridgehead atoms. The standard InChI is InChI=1S/C26H30N2O3S/c1-18-11-14-25(21(4)15-18)28(32(30,31)24-9-7-6-8-10-24)17-26(29)27-22(5)23-13-12-19(2)20(3)16-23/h6-16,22H,17H2,1-5H3,(H,27,29). The number of nitrogens with zero attached hydrogens (tertiary/aromatic N) is 1. The van der Waals surface area contributed by atoms with Crippen molar-refractivity contribution in [2.24, 2.45) is 0 Å². The Morgan fingerprint density at radius 2 is 1.56 bits per heavy atom. The highest BCUT2D eigenvalue weighted by Gasteiger charge is 2.28. The number of amides is 1. The third kappa shape index (κ3) is 5.19. The summed E-state index contributed by atoms with van der Waals surface area (Å²) in [6.07, 6.45) is 0. The molecule has 3 aromatic rings. The average molecular weight is 451 g/mol. The second-order valence-corrected chi connectivity index (χ2v) is 10.1. The van der Waals surface area contributed by atoms with E-state index in [2.05, 4.69) is 5.32 Å². The first-order valence-electron chi connectivity index (χ1n) is 10.6. The quantitative estimate of drug-likeness (QED) is 0.551. The van der Waals surface area contributed by atoms with Crippen molar-refractivity contribution in [1.29, 1.82) is 0 Å². The molecule has 5 nitrogen and oxygen atoms in total. The van der Waals surface area contributed by atoms with Crippen molar-refractivity contribution in [2.45, 2.75) is 45.6 Å². The Morgan fingerprint density at radius 1 is 0.875 bits per heavy atom. The molecule has 0 saturated heterocycles. The molecule has 0 saturated carbocycles. The van der Waals surface area contributed by atoms with E-state index >= 15 is 0 Å². The fraction of sp³-hybridized carbons (Fsp3) is 0.269. The lowest BCUT2D eigenvalue weighted by atomic mass is 10.0. The molecule has 0 aliphatic carbocycles.